The zero-order valence-corrected chi connectivity index (χ0v) is 21.5. The summed E-state index contributed by atoms with van der Waals surface area (Å²) in [5.74, 6) is 9.65. The third-order valence-corrected chi connectivity index (χ3v) is 12.8. The van der Waals surface area contributed by atoms with Crippen molar-refractivity contribution in [2.45, 2.75) is 75.0 Å². The van der Waals surface area contributed by atoms with Gasteiger partial charge in [-0.2, -0.15) is 0 Å². The molecule has 6 aliphatic carbocycles. The van der Waals surface area contributed by atoms with Crippen LogP contribution in [-0.4, -0.2) is 0 Å². The van der Waals surface area contributed by atoms with Crippen molar-refractivity contribution >= 4 is 21.5 Å². The molecule has 4 fully saturated rings. The highest BCUT2D eigenvalue weighted by atomic mass is 16.5. The van der Waals surface area contributed by atoms with Gasteiger partial charge in [-0.05, 0) is 119 Å². The van der Waals surface area contributed by atoms with Crippen LogP contribution in [0.25, 0.3) is 21.5 Å². The van der Waals surface area contributed by atoms with Crippen molar-refractivity contribution in [2.75, 3.05) is 0 Å². The highest BCUT2D eigenvalue weighted by molar-refractivity contribution is 6.01. The van der Waals surface area contributed by atoms with Crippen molar-refractivity contribution in [3.63, 3.8) is 0 Å². The van der Waals surface area contributed by atoms with Crippen molar-refractivity contribution in [3.05, 3.63) is 81.9 Å². The summed E-state index contributed by atoms with van der Waals surface area (Å²) in [6.45, 7) is 2.49. The summed E-state index contributed by atoms with van der Waals surface area (Å²) in [5, 5.41) is 5.98. The lowest BCUT2D eigenvalue weighted by atomic mass is 9.57. The topological polar surface area (TPSA) is 9.23 Å². The first kappa shape index (κ1) is 19.3. The fourth-order valence-corrected chi connectivity index (χ4v) is 11.7. The van der Waals surface area contributed by atoms with Gasteiger partial charge in [0.1, 0.15) is 11.5 Å². The Bertz CT molecular complexity index is 1620. The minimum atomic E-state index is 0.361. The molecule has 4 aromatic rings. The SMILES string of the molecule is CC1c2c(c3c(c4ccccc24)C2C4CCC(C4)C32)Oc2c3c(c4ccccc4c21)C1C2CCC(C2)C31. The zero-order valence-electron chi connectivity index (χ0n) is 21.5. The van der Waals surface area contributed by atoms with Crippen LogP contribution in [0.3, 0.4) is 0 Å². The predicted molar refractivity (Wildman–Crippen MR) is 148 cm³/mol. The second-order valence-electron chi connectivity index (χ2n) is 13.8. The molecule has 1 nitrogen and oxygen atoms in total. The molecule has 0 amide bonds. The van der Waals surface area contributed by atoms with Crippen LogP contribution < -0.4 is 4.74 Å². The summed E-state index contributed by atoms with van der Waals surface area (Å²) in [6.07, 6.45) is 8.67. The van der Waals surface area contributed by atoms with E-state index in [0.717, 1.165) is 47.3 Å². The fourth-order valence-electron chi connectivity index (χ4n) is 11.7. The van der Waals surface area contributed by atoms with E-state index >= 15 is 0 Å². The number of benzene rings is 4. The summed E-state index contributed by atoms with van der Waals surface area (Å²) in [6, 6.07) is 18.7. The Morgan fingerprint density at radius 3 is 1.24 bits per heavy atom. The van der Waals surface area contributed by atoms with Gasteiger partial charge in [0.25, 0.3) is 0 Å². The van der Waals surface area contributed by atoms with E-state index in [2.05, 4.69) is 55.5 Å². The molecule has 4 aromatic carbocycles. The quantitative estimate of drug-likeness (QED) is 0.243. The zero-order chi connectivity index (χ0) is 23.7. The molecule has 1 heterocycles. The number of rotatable bonds is 0. The molecule has 1 heteroatoms. The van der Waals surface area contributed by atoms with Crippen LogP contribution in [0, 0.1) is 23.7 Å². The molecule has 1 aliphatic heterocycles. The van der Waals surface area contributed by atoms with E-state index in [-0.39, 0.29) is 0 Å². The van der Waals surface area contributed by atoms with Crippen molar-refractivity contribution < 1.29 is 4.74 Å². The third kappa shape index (κ3) is 1.94. The molecule has 4 bridgehead atoms. The second-order valence-corrected chi connectivity index (χ2v) is 13.8. The number of hydrogen-bond donors (Lipinski definition) is 0. The van der Waals surface area contributed by atoms with Gasteiger partial charge in [-0.25, -0.2) is 0 Å². The van der Waals surface area contributed by atoms with Gasteiger partial charge in [0, 0.05) is 28.2 Å². The van der Waals surface area contributed by atoms with Gasteiger partial charge < -0.3 is 4.74 Å². The lowest BCUT2D eigenvalue weighted by Gasteiger charge is -2.49. The predicted octanol–water partition coefficient (Wildman–Crippen LogP) is 9.47. The van der Waals surface area contributed by atoms with E-state index in [0.29, 0.717) is 5.92 Å². The molecule has 4 saturated carbocycles. The molecule has 37 heavy (non-hydrogen) atoms. The number of hydrogen-bond acceptors (Lipinski definition) is 1. The summed E-state index contributed by atoms with van der Waals surface area (Å²) in [7, 11) is 0. The molecule has 0 aromatic heterocycles. The summed E-state index contributed by atoms with van der Waals surface area (Å²) in [5.41, 5.74) is 9.59. The molecule has 0 N–H and O–H groups in total. The largest absolute Gasteiger partial charge is 0.456 e. The smallest absolute Gasteiger partial charge is 0.135 e. The molecule has 8 atom stereocenters. The molecular formula is C36H32O. The average molecular weight is 481 g/mol. The maximum atomic E-state index is 7.42. The van der Waals surface area contributed by atoms with E-state index in [9.17, 15) is 0 Å². The van der Waals surface area contributed by atoms with Crippen LogP contribution in [-0.2, 0) is 0 Å². The maximum Gasteiger partial charge on any atom is 0.135 e. The van der Waals surface area contributed by atoms with Gasteiger partial charge in [-0.3, -0.25) is 0 Å². The minimum absolute atomic E-state index is 0.361. The van der Waals surface area contributed by atoms with Gasteiger partial charge >= 0.3 is 0 Å². The Labute approximate surface area is 218 Å². The van der Waals surface area contributed by atoms with Gasteiger partial charge in [0.2, 0.25) is 0 Å². The standard InChI is InChI=1S/C36H32O/c1-16-25-21-6-2-4-8-23(21)31-27-17-10-12-19(14-17)29(27)33(31)35(25)37-36-26(16)22-7-3-5-9-24(22)32-28-18-11-13-20(15-18)30(28)34(32)36/h2-9,16-20,27-30H,10-15H2,1H3. The van der Waals surface area contributed by atoms with E-state index in [1.165, 1.54) is 82.7 Å². The molecule has 0 saturated heterocycles. The lowest BCUT2D eigenvalue weighted by molar-refractivity contribution is 0.298. The fraction of sp³-hybridized carbons (Fsp3) is 0.444. The monoisotopic (exact) mass is 480 g/mol. The molecule has 11 rings (SSSR count). The van der Waals surface area contributed by atoms with Gasteiger partial charge in [0.05, 0.1) is 0 Å². The minimum Gasteiger partial charge on any atom is -0.456 e. The first-order valence-electron chi connectivity index (χ1n) is 15.1. The number of fused-ring (bicyclic) bond motifs is 26. The van der Waals surface area contributed by atoms with Crippen LogP contribution in [0.15, 0.2) is 48.5 Å². The Kier molecular flexibility index (Phi) is 3.17. The Morgan fingerprint density at radius 1 is 0.486 bits per heavy atom. The summed E-state index contributed by atoms with van der Waals surface area (Å²) < 4.78 is 7.42. The molecule has 0 spiro atoms. The van der Waals surface area contributed by atoms with Gasteiger partial charge in [-0.1, -0.05) is 55.5 Å². The molecule has 182 valence electrons. The van der Waals surface area contributed by atoms with E-state index in [1.54, 1.807) is 22.3 Å². The first-order valence-corrected chi connectivity index (χ1v) is 15.1. The Hall–Kier alpha value is -2.80. The second kappa shape index (κ2) is 6.09. The molecule has 0 radical (unpaired) electrons. The van der Waals surface area contributed by atoms with Crippen molar-refractivity contribution in [3.8, 4) is 11.5 Å². The van der Waals surface area contributed by atoms with Crippen LogP contribution in [0.1, 0.15) is 108 Å². The molecular weight excluding hydrogens is 448 g/mol. The van der Waals surface area contributed by atoms with Crippen LogP contribution in [0.5, 0.6) is 11.5 Å². The van der Waals surface area contributed by atoms with E-state index < -0.39 is 0 Å². The van der Waals surface area contributed by atoms with E-state index in [4.69, 9.17) is 4.74 Å². The van der Waals surface area contributed by atoms with E-state index in [1.807, 2.05) is 0 Å². The van der Waals surface area contributed by atoms with Crippen LogP contribution in [0.4, 0.5) is 0 Å². The summed E-state index contributed by atoms with van der Waals surface area (Å²) >= 11 is 0. The molecule has 7 aliphatic rings. The Morgan fingerprint density at radius 2 is 0.838 bits per heavy atom. The lowest BCUT2D eigenvalue weighted by Crippen LogP contribution is -2.34. The summed E-state index contributed by atoms with van der Waals surface area (Å²) in [4.78, 5) is 0. The molecule has 8 unspecified atom stereocenters. The third-order valence-electron chi connectivity index (χ3n) is 12.8. The van der Waals surface area contributed by atoms with Crippen LogP contribution >= 0.6 is 0 Å². The maximum absolute atomic E-state index is 7.42. The van der Waals surface area contributed by atoms with Crippen molar-refractivity contribution in [1.29, 1.82) is 0 Å². The van der Waals surface area contributed by atoms with Crippen molar-refractivity contribution in [1.82, 2.24) is 0 Å². The Balaban J connectivity index is 1.23. The highest BCUT2D eigenvalue weighted by Gasteiger charge is 2.60. The first-order chi connectivity index (χ1) is 18.3. The van der Waals surface area contributed by atoms with Gasteiger partial charge in [-0.15, -0.1) is 0 Å². The van der Waals surface area contributed by atoms with Gasteiger partial charge in [0.15, 0.2) is 0 Å². The van der Waals surface area contributed by atoms with Crippen molar-refractivity contribution in [2.24, 2.45) is 23.7 Å². The average Bonchev–Trinajstić information content (AvgIpc) is 3.65. The highest BCUT2D eigenvalue weighted by Crippen LogP contribution is 2.75. The number of ether oxygens (including phenoxy) is 1. The van der Waals surface area contributed by atoms with Crippen LogP contribution in [0.2, 0.25) is 0 Å². The normalized spacial score (nSPS) is 38.2.